The van der Waals surface area contributed by atoms with Gasteiger partial charge in [0.25, 0.3) is 0 Å². The Morgan fingerprint density at radius 2 is 1.79 bits per heavy atom. The van der Waals surface area contributed by atoms with E-state index in [-0.39, 0.29) is 0 Å². The molecular formula is C17H16BrN. The van der Waals surface area contributed by atoms with Crippen molar-refractivity contribution >= 4 is 26.8 Å². The zero-order chi connectivity index (χ0) is 13.1. The summed E-state index contributed by atoms with van der Waals surface area (Å²) in [5, 5.41) is 1.31. The average molecular weight is 314 g/mol. The van der Waals surface area contributed by atoms with E-state index in [1.165, 1.54) is 22.9 Å². The second-order valence-electron chi connectivity index (χ2n) is 4.80. The van der Waals surface area contributed by atoms with Crippen molar-refractivity contribution in [2.24, 2.45) is 0 Å². The van der Waals surface area contributed by atoms with Gasteiger partial charge in [0.1, 0.15) is 0 Å². The molecule has 2 heteroatoms. The SMILES string of the molecule is Brc1ccc2ccn(CCCc3ccccc3)c2c1. The van der Waals surface area contributed by atoms with Crippen LogP contribution in [-0.4, -0.2) is 4.57 Å². The van der Waals surface area contributed by atoms with Gasteiger partial charge < -0.3 is 4.57 Å². The van der Waals surface area contributed by atoms with Gasteiger partial charge in [0.15, 0.2) is 0 Å². The molecular weight excluding hydrogens is 298 g/mol. The Balaban J connectivity index is 1.70. The van der Waals surface area contributed by atoms with Gasteiger partial charge >= 0.3 is 0 Å². The molecule has 0 saturated heterocycles. The number of benzene rings is 2. The minimum Gasteiger partial charge on any atom is -0.347 e. The van der Waals surface area contributed by atoms with Crippen LogP contribution >= 0.6 is 15.9 Å². The number of hydrogen-bond donors (Lipinski definition) is 0. The topological polar surface area (TPSA) is 4.93 Å². The first-order chi connectivity index (χ1) is 9.33. The summed E-state index contributed by atoms with van der Waals surface area (Å²) in [4.78, 5) is 0. The van der Waals surface area contributed by atoms with Gasteiger partial charge in [-0.3, -0.25) is 0 Å². The smallest absolute Gasteiger partial charge is 0.0491 e. The Kier molecular flexibility index (Phi) is 3.69. The van der Waals surface area contributed by atoms with E-state index in [2.05, 4.69) is 81.3 Å². The lowest BCUT2D eigenvalue weighted by Gasteiger charge is -2.06. The van der Waals surface area contributed by atoms with Crippen LogP contribution in [0.4, 0.5) is 0 Å². The van der Waals surface area contributed by atoms with E-state index in [1.807, 2.05) is 0 Å². The highest BCUT2D eigenvalue weighted by atomic mass is 79.9. The zero-order valence-corrected chi connectivity index (χ0v) is 12.3. The predicted octanol–water partition coefficient (Wildman–Crippen LogP) is 5.04. The lowest BCUT2D eigenvalue weighted by Crippen LogP contribution is -1.97. The summed E-state index contributed by atoms with van der Waals surface area (Å²) in [5.74, 6) is 0. The first kappa shape index (κ1) is 12.5. The van der Waals surface area contributed by atoms with Crippen molar-refractivity contribution < 1.29 is 0 Å². The molecule has 2 aromatic carbocycles. The van der Waals surface area contributed by atoms with E-state index in [1.54, 1.807) is 0 Å². The summed E-state index contributed by atoms with van der Waals surface area (Å²) in [6, 6.07) is 19.3. The van der Waals surface area contributed by atoms with Crippen LogP contribution < -0.4 is 0 Å². The molecule has 0 saturated carbocycles. The van der Waals surface area contributed by atoms with Gasteiger partial charge in [-0.2, -0.15) is 0 Å². The van der Waals surface area contributed by atoms with E-state index in [0.29, 0.717) is 0 Å². The molecule has 3 aromatic rings. The average Bonchev–Trinajstić information content (AvgIpc) is 2.83. The molecule has 0 radical (unpaired) electrons. The molecule has 0 fully saturated rings. The van der Waals surface area contributed by atoms with Crippen molar-refractivity contribution in [1.82, 2.24) is 4.57 Å². The van der Waals surface area contributed by atoms with E-state index in [9.17, 15) is 0 Å². The maximum Gasteiger partial charge on any atom is 0.0491 e. The lowest BCUT2D eigenvalue weighted by atomic mass is 10.1. The largest absolute Gasteiger partial charge is 0.347 e. The molecule has 0 aliphatic rings. The molecule has 19 heavy (non-hydrogen) atoms. The first-order valence-electron chi connectivity index (χ1n) is 6.61. The molecule has 3 rings (SSSR count). The Labute approximate surface area is 122 Å². The van der Waals surface area contributed by atoms with E-state index in [4.69, 9.17) is 0 Å². The third-order valence-electron chi connectivity index (χ3n) is 3.44. The predicted molar refractivity (Wildman–Crippen MR) is 84.4 cm³/mol. The van der Waals surface area contributed by atoms with Crippen LogP contribution in [0.2, 0.25) is 0 Å². The minimum absolute atomic E-state index is 1.06. The highest BCUT2D eigenvalue weighted by molar-refractivity contribution is 9.10. The standard InChI is InChI=1S/C17H16BrN/c18-16-9-8-15-10-12-19(17(15)13-16)11-4-7-14-5-2-1-3-6-14/h1-3,5-6,8-10,12-13H,4,7,11H2. The van der Waals surface area contributed by atoms with Crippen molar-refractivity contribution in [2.75, 3.05) is 0 Å². The summed E-state index contributed by atoms with van der Waals surface area (Å²) in [6.45, 7) is 1.06. The summed E-state index contributed by atoms with van der Waals surface area (Å²) >= 11 is 3.54. The van der Waals surface area contributed by atoms with Gasteiger partial charge in [-0.25, -0.2) is 0 Å². The number of nitrogens with zero attached hydrogens (tertiary/aromatic N) is 1. The number of aromatic nitrogens is 1. The number of hydrogen-bond acceptors (Lipinski definition) is 0. The molecule has 0 atom stereocenters. The molecule has 0 aliphatic carbocycles. The molecule has 1 nitrogen and oxygen atoms in total. The van der Waals surface area contributed by atoms with Crippen LogP contribution in [0.25, 0.3) is 10.9 Å². The molecule has 1 aromatic heterocycles. The second kappa shape index (κ2) is 5.62. The van der Waals surface area contributed by atoms with Gasteiger partial charge in [-0.05, 0) is 42.0 Å². The molecule has 0 N–H and O–H groups in total. The Morgan fingerprint density at radius 3 is 2.63 bits per heavy atom. The summed E-state index contributed by atoms with van der Waals surface area (Å²) in [6.07, 6.45) is 4.48. The Bertz CT molecular complexity index is 670. The first-order valence-corrected chi connectivity index (χ1v) is 7.40. The van der Waals surface area contributed by atoms with Gasteiger partial charge in [0, 0.05) is 22.7 Å². The summed E-state index contributed by atoms with van der Waals surface area (Å²) in [5.41, 5.74) is 2.72. The van der Waals surface area contributed by atoms with Crippen LogP contribution in [0.15, 0.2) is 65.3 Å². The third-order valence-corrected chi connectivity index (χ3v) is 3.94. The van der Waals surface area contributed by atoms with Crippen LogP contribution in [0, 0.1) is 0 Å². The zero-order valence-electron chi connectivity index (χ0n) is 10.7. The van der Waals surface area contributed by atoms with Crippen LogP contribution in [0.3, 0.4) is 0 Å². The number of aryl methyl sites for hydroxylation is 2. The van der Waals surface area contributed by atoms with Gasteiger partial charge in [-0.1, -0.05) is 52.3 Å². The van der Waals surface area contributed by atoms with Crippen molar-refractivity contribution in [3.8, 4) is 0 Å². The van der Waals surface area contributed by atoms with Crippen molar-refractivity contribution in [1.29, 1.82) is 0 Å². The number of halogens is 1. The monoisotopic (exact) mass is 313 g/mol. The van der Waals surface area contributed by atoms with Gasteiger partial charge in [0.05, 0.1) is 0 Å². The minimum atomic E-state index is 1.06. The maximum absolute atomic E-state index is 3.54. The molecule has 0 spiro atoms. The Morgan fingerprint density at radius 1 is 0.947 bits per heavy atom. The molecule has 96 valence electrons. The van der Waals surface area contributed by atoms with Crippen LogP contribution in [0.5, 0.6) is 0 Å². The molecule has 0 bridgehead atoms. The second-order valence-corrected chi connectivity index (χ2v) is 5.72. The fourth-order valence-electron chi connectivity index (χ4n) is 2.45. The summed E-state index contributed by atoms with van der Waals surface area (Å²) in [7, 11) is 0. The molecule has 0 amide bonds. The molecule has 0 unspecified atom stereocenters. The molecule has 0 aliphatic heterocycles. The third kappa shape index (κ3) is 2.90. The van der Waals surface area contributed by atoms with Crippen LogP contribution in [0.1, 0.15) is 12.0 Å². The Hall–Kier alpha value is -1.54. The van der Waals surface area contributed by atoms with E-state index in [0.717, 1.165) is 17.4 Å². The van der Waals surface area contributed by atoms with Crippen molar-refractivity contribution in [3.63, 3.8) is 0 Å². The number of fused-ring (bicyclic) bond motifs is 1. The van der Waals surface area contributed by atoms with E-state index < -0.39 is 0 Å². The normalized spacial score (nSPS) is 11.0. The highest BCUT2D eigenvalue weighted by Gasteiger charge is 2.01. The highest BCUT2D eigenvalue weighted by Crippen LogP contribution is 2.21. The fraction of sp³-hybridized carbons (Fsp3) is 0.176. The maximum atomic E-state index is 3.54. The van der Waals surface area contributed by atoms with Gasteiger partial charge in [0.2, 0.25) is 0 Å². The number of rotatable bonds is 4. The van der Waals surface area contributed by atoms with E-state index >= 15 is 0 Å². The van der Waals surface area contributed by atoms with Gasteiger partial charge in [-0.15, -0.1) is 0 Å². The molecule has 1 heterocycles. The lowest BCUT2D eigenvalue weighted by molar-refractivity contribution is 0.662. The van der Waals surface area contributed by atoms with Crippen molar-refractivity contribution in [2.45, 2.75) is 19.4 Å². The summed E-state index contributed by atoms with van der Waals surface area (Å²) < 4.78 is 3.48. The van der Waals surface area contributed by atoms with Crippen LogP contribution in [-0.2, 0) is 13.0 Å². The quantitative estimate of drug-likeness (QED) is 0.636. The fourth-order valence-corrected chi connectivity index (χ4v) is 2.80. The van der Waals surface area contributed by atoms with Crippen molar-refractivity contribution in [3.05, 3.63) is 70.8 Å².